The van der Waals surface area contributed by atoms with Crippen LogP contribution in [0.1, 0.15) is 46.0 Å². The van der Waals surface area contributed by atoms with E-state index in [0.717, 1.165) is 58.5 Å². The molecule has 6 atom stereocenters. The molecule has 30 heavy (non-hydrogen) atoms. The van der Waals surface area contributed by atoms with Gasteiger partial charge in [-0.25, -0.2) is 9.40 Å². The van der Waals surface area contributed by atoms with Gasteiger partial charge in [-0.1, -0.05) is 11.6 Å². The minimum atomic E-state index is -0.644. The molecule has 6 N–H and O–H groups in total. The number of piperidine rings is 1. The number of allylic oxidation sites excluding steroid dienone is 1. The van der Waals surface area contributed by atoms with Crippen LogP contribution in [0.15, 0.2) is 11.6 Å². The van der Waals surface area contributed by atoms with Gasteiger partial charge in [0, 0.05) is 45.3 Å². The fourth-order valence-electron chi connectivity index (χ4n) is 5.33. The highest BCUT2D eigenvalue weighted by molar-refractivity contribution is 5.09. The molecular formula is C22H42FN7. The van der Waals surface area contributed by atoms with Gasteiger partial charge >= 0.3 is 0 Å². The number of nitrogens with zero attached hydrogens (tertiary/aromatic N) is 1. The van der Waals surface area contributed by atoms with Crippen LogP contribution in [0.5, 0.6) is 0 Å². The smallest absolute Gasteiger partial charge is 0.104 e. The Labute approximate surface area is 181 Å². The fourth-order valence-corrected chi connectivity index (χ4v) is 5.33. The molecule has 4 rings (SSSR count). The molecule has 3 aliphatic heterocycles. The number of hydrogen-bond acceptors (Lipinski definition) is 7. The van der Waals surface area contributed by atoms with E-state index in [-0.39, 0.29) is 6.17 Å². The third kappa shape index (κ3) is 6.22. The van der Waals surface area contributed by atoms with Crippen LogP contribution >= 0.6 is 0 Å². The minimum absolute atomic E-state index is 0.287. The summed E-state index contributed by atoms with van der Waals surface area (Å²) < 4.78 is 13.4. The highest BCUT2D eigenvalue weighted by Crippen LogP contribution is 2.30. The van der Waals surface area contributed by atoms with E-state index in [0.29, 0.717) is 43.1 Å². The molecular weight excluding hydrogens is 381 g/mol. The molecule has 7 nitrogen and oxygen atoms in total. The van der Waals surface area contributed by atoms with Crippen molar-refractivity contribution < 1.29 is 4.39 Å². The minimum Gasteiger partial charge on any atom is -0.313 e. The summed E-state index contributed by atoms with van der Waals surface area (Å²) in [6, 6.07) is 0.537. The number of halogens is 1. The van der Waals surface area contributed by atoms with Crippen LogP contribution < -0.4 is 32.0 Å². The summed E-state index contributed by atoms with van der Waals surface area (Å²) in [6.45, 7) is 10.6. The summed E-state index contributed by atoms with van der Waals surface area (Å²) in [5.41, 5.74) is 4.97. The van der Waals surface area contributed by atoms with Gasteiger partial charge in [0.15, 0.2) is 0 Å². The molecule has 4 aliphatic rings. The zero-order chi connectivity index (χ0) is 20.9. The van der Waals surface area contributed by atoms with E-state index >= 15 is 0 Å². The Hall–Kier alpha value is -0.610. The maximum Gasteiger partial charge on any atom is 0.104 e. The van der Waals surface area contributed by atoms with Crippen molar-refractivity contribution in [2.75, 3.05) is 39.3 Å². The first-order chi connectivity index (χ1) is 14.6. The molecule has 1 aliphatic carbocycles. The highest BCUT2D eigenvalue weighted by Gasteiger charge is 2.37. The van der Waals surface area contributed by atoms with Crippen molar-refractivity contribution >= 4 is 0 Å². The highest BCUT2D eigenvalue weighted by atomic mass is 19.1. The molecule has 0 bridgehead atoms. The SMILES string of the molecule is CC(C)N1CC(C2CC(NCC3=CC[C@@H](F)CC3)NC(N[C@H]3CNCCN3)C2)CN1. The van der Waals surface area contributed by atoms with Gasteiger partial charge in [0.05, 0.1) is 18.5 Å². The largest absolute Gasteiger partial charge is 0.313 e. The second-order valence-electron chi connectivity index (χ2n) is 9.86. The van der Waals surface area contributed by atoms with Gasteiger partial charge in [0.25, 0.3) is 0 Å². The molecule has 3 fully saturated rings. The number of hydrogen-bond donors (Lipinski definition) is 6. The van der Waals surface area contributed by atoms with Crippen LogP contribution in [0.2, 0.25) is 0 Å². The molecule has 172 valence electrons. The Kier molecular flexibility index (Phi) is 8.14. The van der Waals surface area contributed by atoms with E-state index < -0.39 is 6.17 Å². The van der Waals surface area contributed by atoms with Gasteiger partial charge in [-0.3, -0.25) is 26.7 Å². The summed E-state index contributed by atoms with van der Waals surface area (Å²) in [5.74, 6) is 1.35. The number of nitrogens with one attached hydrogen (secondary N) is 6. The molecule has 0 aromatic rings. The lowest BCUT2D eigenvalue weighted by Gasteiger charge is -2.41. The van der Waals surface area contributed by atoms with Gasteiger partial charge in [-0.2, -0.15) is 0 Å². The molecule has 0 saturated carbocycles. The van der Waals surface area contributed by atoms with Crippen LogP contribution in [0, 0.1) is 11.8 Å². The first kappa shape index (κ1) is 22.6. The Balaban J connectivity index is 1.35. The lowest BCUT2D eigenvalue weighted by atomic mass is 9.82. The zero-order valence-corrected chi connectivity index (χ0v) is 18.7. The van der Waals surface area contributed by atoms with E-state index in [1.807, 2.05) is 0 Å². The van der Waals surface area contributed by atoms with Crippen LogP contribution in [-0.4, -0.2) is 75.0 Å². The van der Waals surface area contributed by atoms with Crippen molar-refractivity contribution in [3.05, 3.63) is 11.6 Å². The summed E-state index contributed by atoms with van der Waals surface area (Å²) in [5, 5.41) is 20.8. The molecule has 3 heterocycles. The number of rotatable bonds is 7. The van der Waals surface area contributed by atoms with Crippen LogP contribution in [0.4, 0.5) is 4.39 Å². The average Bonchev–Trinajstić information content (AvgIpc) is 3.25. The predicted molar refractivity (Wildman–Crippen MR) is 119 cm³/mol. The van der Waals surface area contributed by atoms with Gasteiger partial charge < -0.3 is 5.32 Å². The fraction of sp³-hybridized carbons (Fsp3) is 0.909. The van der Waals surface area contributed by atoms with Gasteiger partial charge in [0.2, 0.25) is 0 Å². The number of hydrazine groups is 1. The van der Waals surface area contributed by atoms with Gasteiger partial charge in [0.1, 0.15) is 6.17 Å². The van der Waals surface area contributed by atoms with Crippen molar-refractivity contribution in [3.63, 3.8) is 0 Å². The molecule has 0 aromatic carbocycles. The molecule has 0 spiro atoms. The molecule has 0 radical (unpaired) electrons. The van der Waals surface area contributed by atoms with Crippen molar-refractivity contribution in [2.45, 2.75) is 76.7 Å². The van der Waals surface area contributed by atoms with E-state index in [1.165, 1.54) is 5.57 Å². The van der Waals surface area contributed by atoms with Crippen molar-refractivity contribution in [2.24, 2.45) is 11.8 Å². The Morgan fingerprint density at radius 2 is 2.00 bits per heavy atom. The summed E-state index contributed by atoms with van der Waals surface area (Å²) in [6.07, 6.45) is 6.81. The Morgan fingerprint density at radius 3 is 2.70 bits per heavy atom. The van der Waals surface area contributed by atoms with Crippen LogP contribution in [0.3, 0.4) is 0 Å². The van der Waals surface area contributed by atoms with Crippen LogP contribution in [-0.2, 0) is 0 Å². The Bertz CT molecular complexity index is 566. The van der Waals surface area contributed by atoms with Gasteiger partial charge in [-0.05, 0) is 57.8 Å². The molecule has 4 unspecified atom stereocenters. The topological polar surface area (TPSA) is 75.4 Å². The monoisotopic (exact) mass is 423 g/mol. The third-order valence-electron chi connectivity index (χ3n) is 7.22. The second-order valence-corrected chi connectivity index (χ2v) is 9.86. The molecule has 8 heteroatoms. The van der Waals surface area contributed by atoms with E-state index in [1.54, 1.807) is 0 Å². The van der Waals surface area contributed by atoms with Crippen molar-refractivity contribution in [3.8, 4) is 0 Å². The van der Waals surface area contributed by atoms with E-state index in [4.69, 9.17) is 0 Å². The van der Waals surface area contributed by atoms with Crippen molar-refractivity contribution in [1.82, 2.24) is 37.0 Å². The molecule has 3 saturated heterocycles. The lowest BCUT2D eigenvalue weighted by Crippen LogP contribution is -2.65. The first-order valence-corrected chi connectivity index (χ1v) is 12.1. The first-order valence-electron chi connectivity index (χ1n) is 12.1. The van der Waals surface area contributed by atoms with E-state index in [2.05, 4.69) is 56.9 Å². The maximum absolute atomic E-state index is 13.4. The third-order valence-corrected chi connectivity index (χ3v) is 7.22. The normalized spacial score (nSPS) is 38.7. The lowest BCUT2D eigenvalue weighted by molar-refractivity contribution is 0.131. The molecule has 0 amide bonds. The van der Waals surface area contributed by atoms with E-state index in [9.17, 15) is 4.39 Å². The molecule has 0 aromatic heterocycles. The average molecular weight is 424 g/mol. The number of alkyl halides is 1. The summed E-state index contributed by atoms with van der Waals surface area (Å²) >= 11 is 0. The summed E-state index contributed by atoms with van der Waals surface area (Å²) in [7, 11) is 0. The quantitative estimate of drug-likeness (QED) is 0.336. The second kappa shape index (κ2) is 10.8. The maximum atomic E-state index is 13.4. The number of piperazine rings is 1. The Morgan fingerprint density at radius 1 is 1.13 bits per heavy atom. The predicted octanol–water partition coefficient (Wildman–Crippen LogP) is 0.630. The standard InChI is InChI=1S/C22H42FN7/c1-15(2)30-14-18(12-27-30)17-9-20(26-11-16-3-5-19(23)6-4-16)28-21(10-17)29-22-13-24-7-8-25-22/h3,15,17-22,24-29H,4-14H2,1-2H3/t17?,18?,19-,20?,21?,22+/m1/s1. The van der Waals surface area contributed by atoms with Gasteiger partial charge in [-0.15, -0.1) is 0 Å². The van der Waals surface area contributed by atoms with Crippen molar-refractivity contribution in [1.29, 1.82) is 0 Å². The van der Waals surface area contributed by atoms with Crippen LogP contribution in [0.25, 0.3) is 0 Å². The summed E-state index contributed by atoms with van der Waals surface area (Å²) in [4.78, 5) is 0. The zero-order valence-electron chi connectivity index (χ0n) is 18.7.